The molecule has 24 rings (SSSR count). The topological polar surface area (TPSA) is 155 Å². The smallest absolute Gasteiger partial charge is 0.164 e. The number of aromatic nitrogens is 12. The molecule has 6 aromatic heterocycles. The highest BCUT2D eigenvalue weighted by molar-refractivity contribution is 5.89. The molecule has 0 saturated carbocycles. The molecule has 0 unspecified atom stereocenters. The monoisotopic (exact) mass is 1650 g/mol. The van der Waals surface area contributed by atoms with Gasteiger partial charge in [0.15, 0.2) is 52.4 Å². The van der Waals surface area contributed by atoms with E-state index in [0.717, 1.165) is 119 Å². The van der Waals surface area contributed by atoms with Gasteiger partial charge in [-0.05, 0) is 150 Å². The van der Waals surface area contributed by atoms with Crippen LogP contribution in [0.15, 0.2) is 438 Å². The average Bonchev–Trinajstić information content (AvgIpc) is 1.63. The van der Waals surface area contributed by atoms with E-state index in [1.165, 1.54) is 83.5 Å². The summed E-state index contributed by atoms with van der Waals surface area (Å²) in [7, 11) is 0. The van der Waals surface area contributed by atoms with Crippen LogP contribution in [0, 0.1) is 0 Å². The maximum absolute atomic E-state index is 5.04. The van der Waals surface area contributed by atoms with Gasteiger partial charge in [0.05, 0.1) is 0 Å². The Bertz CT molecular complexity index is 7630. The van der Waals surface area contributed by atoms with Crippen LogP contribution in [0.25, 0.3) is 203 Å². The number of nitrogens with zero attached hydrogens (tertiary/aromatic N) is 12. The highest BCUT2D eigenvalue weighted by Gasteiger charge is 2.27. The summed E-state index contributed by atoms with van der Waals surface area (Å²) in [6.07, 6.45) is 14.7. The number of rotatable bonds is 15. The molecule has 0 aliphatic heterocycles. The second kappa shape index (κ2) is 34.8. The van der Waals surface area contributed by atoms with Gasteiger partial charge in [0.1, 0.15) is 0 Å². The molecule has 0 spiro atoms. The summed E-state index contributed by atoms with van der Waals surface area (Å²) in [4.78, 5) is 58.2. The molecule has 129 heavy (non-hydrogen) atoms. The van der Waals surface area contributed by atoms with E-state index in [9.17, 15) is 0 Å². The molecule has 0 N–H and O–H groups in total. The van der Waals surface area contributed by atoms with Gasteiger partial charge in [0.2, 0.25) is 0 Å². The van der Waals surface area contributed by atoms with Crippen LogP contribution in [0.5, 0.6) is 0 Å². The average molecular weight is 1650 g/mol. The lowest BCUT2D eigenvalue weighted by molar-refractivity contribution is 1.07. The molecule has 0 bridgehead atoms. The molecule has 15 aromatic carbocycles. The van der Waals surface area contributed by atoms with E-state index >= 15 is 0 Å². The van der Waals surface area contributed by atoms with Gasteiger partial charge in [0.25, 0.3) is 0 Å². The summed E-state index contributed by atoms with van der Waals surface area (Å²) in [5, 5.41) is 0. The zero-order valence-corrected chi connectivity index (χ0v) is 70.1. The van der Waals surface area contributed by atoms with Gasteiger partial charge in [-0.3, -0.25) is 15.0 Å². The Morgan fingerprint density at radius 1 is 0.124 bits per heavy atom. The quantitative estimate of drug-likeness (QED) is 0.0959. The van der Waals surface area contributed by atoms with Gasteiger partial charge in [-0.15, -0.1) is 0 Å². The minimum Gasteiger partial charge on any atom is -0.263 e. The maximum Gasteiger partial charge on any atom is 0.164 e. The van der Waals surface area contributed by atoms with Gasteiger partial charge >= 0.3 is 0 Å². The van der Waals surface area contributed by atoms with Crippen LogP contribution >= 0.6 is 0 Å². The van der Waals surface area contributed by atoms with Crippen molar-refractivity contribution < 1.29 is 0 Å². The summed E-state index contributed by atoms with van der Waals surface area (Å²) in [6.45, 7) is 0. The van der Waals surface area contributed by atoms with E-state index in [-0.39, 0.29) is 0 Å². The molecule has 3 aliphatic carbocycles. The van der Waals surface area contributed by atoms with E-state index in [4.69, 9.17) is 44.9 Å². The fraction of sp³-hybridized carbons (Fsp3) is 0.0256. The fourth-order valence-electron chi connectivity index (χ4n) is 17.8. The summed E-state index contributed by atoms with van der Waals surface area (Å²) < 4.78 is 0. The largest absolute Gasteiger partial charge is 0.263 e. The molecule has 3 aliphatic rings. The van der Waals surface area contributed by atoms with Crippen molar-refractivity contribution in [3.05, 3.63) is 471 Å². The minimum absolute atomic E-state index is 0.639. The van der Waals surface area contributed by atoms with E-state index < -0.39 is 0 Å². The molecular formula is C117H78N12. The lowest BCUT2D eigenvalue weighted by atomic mass is 9.95. The molecule has 0 fully saturated rings. The molecule has 606 valence electrons. The lowest BCUT2D eigenvalue weighted by Gasteiger charge is -2.12. The third-order valence-electron chi connectivity index (χ3n) is 24.2. The van der Waals surface area contributed by atoms with Crippen LogP contribution in [0.3, 0.4) is 0 Å². The van der Waals surface area contributed by atoms with Crippen LogP contribution in [-0.2, 0) is 19.3 Å². The van der Waals surface area contributed by atoms with Gasteiger partial charge < -0.3 is 0 Å². The van der Waals surface area contributed by atoms with Crippen LogP contribution in [0.1, 0.15) is 33.4 Å². The number of hydrogen-bond donors (Lipinski definition) is 0. The van der Waals surface area contributed by atoms with E-state index in [1.807, 2.05) is 195 Å². The normalized spacial score (nSPS) is 11.6. The second-order valence-corrected chi connectivity index (χ2v) is 32.2. The molecular weight excluding hydrogens is 1570 g/mol. The molecule has 0 atom stereocenters. The van der Waals surface area contributed by atoms with E-state index in [0.29, 0.717) is 52.4 Å². The van der Waals surface area contributed by atoms with Crippen molar-refractivity contribution in [2.45, 2.75) is 19.3 Å². The number of benzene rings is 15. The fourth-order valence-corrected chi connectivity index (χ4v) is 17.8. The highest BCUT2D eigenvalue weighted by atomic mass is 15.1. The molecule has 0 amide bonds. The highest BCUT2D eigenvalue weighted by Crippen LogP contribution is 2.46. The Balaban J connectivity index is 0.000000114. The van der Waals surface area contributed by atoms with Crippen LogP contribution in [0.2, 0.25) is 0 Å². The Morgan fingerprint density at radius 2 is 0.310 bits per heavy atom. The first kappa shape index (κ1) is 77.8. The van der Waals surface area contributed by atoms with Gasteiger partial charge in [-0.2, -0.15) is 0 Å². The molecule has 21 aromatic rings. The predicted octanol–water partition coefficient (Wildman–Crippen LogP) is 27.5. The zero-order valence-electron chi connectivity index (χ0n) is 70.1. The maximum atomic E-state index is 5.04. The molecule has 6 heterocycles. The van der Waals surface area contributed by atoms with Gasteiger partial charge in [-0.25, -0.2) is 44.9 Å². The Morgan fingerprint density at radius 3 is 0.605 bits per heavy atom. The minimum atomic E-state index is 0.639. The first-order valence-corrected chi connectivity index (χ1v) is 43.3. The van der Waals surface area contributed by atoms with Crippen molar-refractivity contribution in [2.24, 2.45) is 0 Å². The van der Waals surface area contributed by atoms with Gasteiger partial charge in [0, 0.05) is 121 Å². The van der Waals surface area contributed by atoms with Gasteiger partial charge in [-0.1, -0.05) is 370 Å². The number of fused-ring (bicyclic) bond motifs is 9. The predicted molar refractivity (Wildman–Crippen MR) is 519 cm³/mol. The molecule has 0 saturated heterocycles. The third kappa shape index (κ3) is 16.1. The van der Waals surface area contributed by atoms with Crippen LogP contribution < -0.4 is 0 Å². The van der Waals surface area contributed by atoms with Crippen molar-refractivity contribution in [1.82, 2.24) is 59.8 Å². The first-order valence-electron chi connectivity index (χ1n) is 43.3. The van der Waals surface area contributed by atoms with Crippen molar-refractivity contribution in [3.63, 3.8) is 0 Å². The SMILES string of the molecule is c1ccc(-c2cccc(-c3nc(-c4ccccc4)nc(-c4cccc(-c5cncc6c5Cc5ccccc5-6)c4)n3)c2)cc1.c1ccc(-c2nc(-c3ccccc3)nc(-c3cccc(-c4ccc(-c5cncc6c5Cc5ccccc5-6)cc4)c3)n2)cc1.c1ccc(-c2nc(-c3ccccc3)nc(-c3cccc(-c4cccc(-c5cncc6c5Cc5ccccc5-6)c4)c3)n2)cc1. The van der Waals surface area contributed by atoms with Crippen molar-refractivity contribution in [1.29, 1.82) is 0 Å². The number of pyridine rings is 3. The van der Waals surface area contributed by atoms with Crippen molar-refractivity contribution in [2.75, 3.05) is 0 Å². The van der Waals surface area contributed by atoms with E-state index in [2.05, 4.69) is 258 Å². The summed E-state index contributed by atoms with van der Waals surface area (Å²) in [5.41, 5.74) is 37.9. The second-order valence-electron chi connectivity index (χ2n) is 32.2. The molecule has 0 radical (unpaired) electrons. The standard InChI is InChI=1S/3C39H26N4/c1-3-11-26(12-4-1)37-41-38(27-13-5-2-6-14-27)43-39(42-37)32-19-10-17-29(22-32)28-16-9-18-30(21-28)35-24-40-25-36-33-20-8-7-15-31(33)23-34(35)36;1-3-11-26(12-4-1)28-16-9-18-31(21-28)38-41-37(27-13-5-2-6-14-27)42-39(43-38)32-19-10-17-29(22-32)35-24-40-25-36-33-20-8-7-15-30(33)23-34(35)36;1-3-10-28(11-4-1)37-41-38(29-12-5-2-6-13-29)43-39(42-37)32-16-9-15-30(22-32)26-18-20-27(21-19-26)35-24-40-25-36-33-17-8-7-14-31(33)23-34(35)36/h3*1-22,24-25H,23H2. The van der Waals surface area contributed by atoms with Crippen molar-refractivity contribution >= 4 is 0 Å². The molecule has 12 nitrogen and oxygen atoms in total. The Labute approximate surface area is 747 Å². The Kier molecular flexibility index (Phi) is 21.0. The van der Waals surface area contributed by atoms with E-state index in [1.54, 1.807) is 0 Å². The third-order valence-corrected chi connectivity index (χ3v) is 24.2. The summed E-state index contributed by atoms with van der Waals surface area (Å²) in [5.74, 6) is 5.85. The number of hydrogen-bond acceptors (Lipinski definition) is 12. The lowest BCUT2D eigenvalue weighted by Crippen LogP contribution is -2.00. The summed E-state index contributed by atoms with van der Waals surface area (Å²) in [6, 6.07) is 138. The van der Waals surface area contributed by atoms with Crippen LogP contribution in [-0.4, -0.2) is 59.8 Å². The first-order chi connectivity index (χ1) is 63.9. The summed E-state index contributed by atoms with van der Waals surface area (Å²) >= 11 is 0. The zero-order chi connectivity index (χ0) is 85.8. The van der Waals surface area contributed by atoms with Crippen molar-refractivity contribution in [3.8, 4) is 203 Å². The Hall–Kier alpha value is -17.2. The van der Waals surface area contributed by atoms with Crippen LogP contribution in [0.4, 0.5) is 0 Å². The molecule has 12 heteroatoms.